The van der Waals surface area contributed by atoms with E-state index in [2.05, 4.69) is 15.5 Å². The van der Waals surface area contributed by atoms with Gasteiger partial charge in [-0.1, -0.05) is 20.8 Å². The van der Waals surface area contributed by atoms with Crippen molar-refractivity contribution >= 4 is 23.2 Å². The maximum absolute atomic E-state index is 12.5. The maximum Gasteiger partial charge on any atom is 0.253 e. The normalized spacial score (nSPS) is 14.2. The number of anilines is 2. The number of carbonyl (C=O) groups is 2. The van der Waals surface area contributed by atoms with Crippen LogP contribution in [0.4, 0.5) is 11.4 Å². The van der Waals surface area contributed by atoms with Gasteiger partial charge < -0.3 is 15.5 Å². The molecule has 5 heteroatoms. The first kappa shape index (κ1) is 17.3. The van der Waals surface area contributed by atoms with Crippen LogP contribution in [0, 0.1) is 5.92 Å². The van der Waals surface area contributed by atoms with Crippen LogP contribution in [0.1, 0.15) is 50.4 Å². The van der Waals surface area contributed by atoms with Crippen LogP contribution >= 0.6 is 0 Å². The third-order valence-electron chi connectivity index (χ3n) is 4.02. The first-order valence-electron chi connectivity index (χ1n) is 8.51. The highest BCUT2D eigenvalue weighted by atomic mass is 16.2. The molecule has 0 atom stereocenters. The number of hydrogen-bond acceptors (Lipinski definition) is 3. The third-order valence-corrected chi connectivity index (χ3v) is 4.02. The van der Waals surface area contributed by atoms with Gasteiger partial charge in [0.1, 0.15) is 0 Å². The second-order valence-corrected chi connectivity index (χ2v) is 6.33. The van der Waals surface area contributed by atoms with Gasteiger partial charge in [-0.25, -0.2) is 0 Å². The molecule has 0 aromatic heterocycles. The highest BCUT2D eigenvalue weighted by Gasteiger charge is 2.20. The number of benzene rings is 1. The van der Waals surface area contributed by atoms with Crippen molar-refractivity contribution < 1.29 is 9.59 Å². The van der Waals surface area contributed by atoms with Gasteiger partial charge in [0.25, 0.3) is 5.91 Å². The van der Waals surface area contributed by atoms with E-state index in [1.807, 2.05) is 32.9 Å². The monoisotopic (exact) mass is 317 g/mol. The molecule has 1 heterocycles. The fraction of sp³-hybridized carbons (Fsp3) is 0.556. The first-order valence-corrected chi connectivity index (χ1v) is 8.51. The molecule has 2 rings (SSSR count). The fourth-order valence-electron chi connectivity index (χ4n) is 2.65. The number of nitrogens with one attached hydrogen (secondary N) is 2. The van der Waals surface area contributed by atoms with E-state index in [-0.39, 0.29) is 17.7 Å². The third kappa shape index (κ3) is 4.47. The summed E-state index contributed by atoms with van der Waals surface area (Å²) in [6, 6.07) is 5.62. The second-order valence-electron chi connectivity index (χ2n) is 6.33. The SMILES string of the molecule is CCCNC(=O)c1cc(NC(=O)C(C)C)ccc1N1CCCC1. The van der Waals surface area contributed by atoms with Crippen molar-refractivity contribution in [3.8, 4) is 0 Å². The van der Waals surface area contributed by atoms with Crippen molar-refractivity contribution in [3.05, 3.63) is 23.8 Å². The van der Waals surface area contributed by atoms with Crippen LogP contribution in [0.3, 0.4) is 0 Å². The highest BCUT2D eigenvalue weighted by Crippen LogP contribution is 2.27. The molecule has 0 spiro atoms. The quantitative estimate of drug-likeness (QED) is 0.848. The van der Waals surface area contributed by atoms with Crippen molar-refractivity contribution in [2.75, 3.05) is 29.9 Å². The summed E-state index contributed by atoms with van der Waals surface area (Å²) in [7, 11) is 0. The van der Waals surface area contributed by atoms with E-state index in [1.165, 1.54) is 0 Å². The van der Waals surface area contributed by atoms with E-state index in [4.69, 9.17) is 0 Å². The molecule has 1 aromatic rings. The van der Waals surface area contributed by atoms with Crippen molar-refractivity contribution in [3.63, 3.8) is 0 Å². The Bertz CT molecular complexity index is 563. The van der Waals surface area contributed by atoms with E-state index in [9.17, 15) is 9.59 Å². The van der Waals surface area contributed by atoms with Gasteiger partial charge in [-0.2, -0.15) is 0 Å². The molecule has 1 aliphatic rings. The molecule has 0 radical (unpaired) electrons. The molecule has 0 aliphatic carbocycles. The van der Waals surface area contributed by atoms with Crippen molar-refractivity contribution in [2.24, 2.45) is 5.92 Å². The molecule has 0 unspecified atom stereocenters. The largest absolute Gasteiger partial charge is 0.371 e. The maximum atomic E-state index is 12.5. The standard InChI is InChI=1S/C18H27N3O2/c1-4-9-19-18(23)15-12-14(20-17(22)13(2)3)7-8-16(15)21-10-5-6-11-21/h7-8,12-13H,4-6,9-11H2,1-3H3,(H,19,23)(H,20,22). The van der Waals surface area contributed by atoms with Crippen LogP contribution in [0.15, 0.2) is 18.2 Å². The van der Waals surface area contributed by atoms with Gasteiger partial charge in [0.05, 0.1) is 5.56 Å². The Labute approximate surface area is 138 Å². The number of rotatable bonds is 6. The summed E-state index contributed by atoms with van der Waals surface area (Å²) in [5.74, 6) is -0.209. The number of amides is 2. The second kappa shape index (κ2) is 7.99. The molecular weight excluding hydrogens is 290 g/mol. The van der Waals surface area contributed by atoms with Crippen LogP contribution in [0.5, 0.6) is 0 Å². The molecule has 0 bridgehead atoms. The Morgan fingerprint density at radius 2 is 1.91 bits per heavy atom. The van der Waals surface area contributed by atoms with Gasteiger partial charge in [0.15, 0.2) is 0 Å². The minimum Gasteiger partial charge on any atom is -0.371 e. The van der Waals surface area contributed by atoms with E-state index in [1.54, 1.807) is 6.07 Å². The van der Waals surface area contributed by atoms with Crippen LogP contribution in [0.2, 0.25) is 0 Å². The topological polar surface area (TPSA) is 61.4 Å². The minimum absolute atomic E-state index is 0.0427. The molecule has 2 amide bonds. The number of hydrogen-bond donors (Lipinski definition) is 2. The predicted octanol–water partition coefficient (Wildman–Crippen LogP) is 3.02. The van der Waals surface area contributed by atoms with Crippen molar-refractivity contribution in [1.29, 1.82) is 0 Å². The average Bonchev–Trinajstić information content (AvgIpc) is 3.06. The predicted molar refractivity (Wildman–Crippen MR) is 94.0 cm³/mol. The summed E-state index contributed by atoms with van der Waals surface area (Å²) in [4.78, 5) is 26.6. The molecule has 5 nitrogen and oxygen atoms in total. The Hall–Kier alpha value is -2.04. The lowest BCUT2D eigenvalue weighted by Crippen LogP contribution is -2.28. The Morgan fingerprint density at radius 3 is 2.52 bits per heavy atom. The molecule has 0 saturated carbocycles. The van der Waals surface area contributed by atoms with Crippen LogP contribution in [-0.2, 0) is 4.79 Å². The van der Waals surface area contributed by atoms with Crippen molar-refractivity contribution in [1.82, 2.24) is 5.32 Å². The van der Waals surface area contributed by atoms with Gasteiger partial charge in [-0.05, 0) is 37.5 Å². The Morgan fingerprint density at radius 1 is 1.22 bits per heavy atom. The molecule has 1 saturated heterocycles. The van der Waals surface area contributed by atoms with Crippen LogP contribution in [-0.4, -0.2) is 31.4 Å². The summed E-state index contributed by atoms with van der Waals surface area (Å²) in [5, 5.41) is 5.81. The smallest absolute Gasteiger partial charge is 0.253 e. The van der Waals surface area contributed by atoms with Gasteiger partial charge in [-0.15, -0.1) is 0 Å². The molecular formula is C18H27N3O2. The van der Waals surface area contributed by atoms with E-state index in [0.29, 0.717) is 17.8 Å². The fourth-order valence-corrected chi connectivity index (χ4v) is 2.65. The Balaban J connectivity index is 2.27. The Kier molecular flexibility index (Phi) is 6.02. The first-order chi connectivity index (χ1) is 11.0. The molecule has 1 fully saturated rings. The zero-order valence-electron chi connectivity index (χ0n) is 14.3. The van der Waals surface area contributed by atoms with E-state index < -0.39 is 0 Å². The van der Waals surface area contributed by atoms with Gasteiger partial charge in [0.2, 0.25) is 5.91 Å². The summed E-state index contributed by atoms with van der Waals surface area (Å²) in [6.07, 6.45) is 3.21. The summed E-state index contributed by atoms with van der Waals surface area (Å²) < 4.78 is 0. The zero-order valence-corrected chi connectivity index (χ0v) is 14.3. The minimum atomic E-state index is -0.0920. The molecule has 2 N–H and O–H groups in total. The summed E-state index contributed by atoms with van der Waals surface area (Å²) in [6.45, 7) is 8.34. The molecule has 126 valence electrons. The van der Waals surface area contributed by atoms with Gasteiger partial charge in [0, 0.05) is 36.9 Å². The van der Waals surface area contributed by atoms with Crippen molar-refractivity contribution in [2.45, 2.75) is 40.0 Å². The molecule has 1 aliphatic heterocycles. The van der Waals surface area contributed by atoms with Gasteiger partial charge in [-0.3, -0.25) is 9.59 Å². The summed E-state index contributed by atoms with van der Waals surface area (Å²) >= 11 is 0. The van der Waals surface area contributed by atoms with E-state index >= 15 is 0 Å². The summed E-state index contributed by atoms with van der Waals surface area (Å²) in [5.41, 5.74) is 2.27. The lowest BCUT2D eigenvalue weighted by molar-refractivity contribution is -0.118. The molecule has 23 heavy (non-hydrogen) atoms. The lowest BCUT2D eigenvalue weighted by Gasteiger charge is -2.22. The van der Waals surface area contributed by atoms with E-state index in [0.717, 1.165) is 38.0 Å². The lowest BCUT2D eigenvalue weighted by atomic mass is 10.1. The van der Waals surface area contributed by atoms with Crippen LogP contribution in [0.25, 0.3) is 0 Å². The van der Waals surface area contributed by atoms with Gasteiger partial charge >= 0.3 is 0 Å². The molecule has 1 aromatic carbocycles. The average molecular weight is 317 g/mol. The number of nitrogens with zero attached hydrogens (tertiary/aromatic N) is 1. The zero-order chi connectivity index (χ0) is 16.8. The number of carbonyl (C=O) groups excluding carboxylic acids is 2. The van der Waals surface area contributed by atoms with Crippen LogP contribution < -0.4 is 15.5 Å². The highest BCUT2D eigenvalue weighted by molar-refractivity contribution is 6.02.